The lowest BCUT2D eigenvalue weighted by atomic mass is 9.98. The first kappa shape index (κ1) is 12.6. The van der Waals surface area contributed by atoms with Crippen LogP contribution < -0.4 is 4.74 Å². The topological polar surface area (TPSA) is 22.1 Å². The SMILES string of the molecule is FC(F)c1nc(Cl)ccc1OC1CCCCC1. The molecule has 0 N–H and O–H groups in total. The summed E-state index contributed by atoms with van der Waals surface area (Å²) in [6.07, 6.45) is 2.60. The van der Waals surface area contributed by atoms with Crippen LogP contribution in [0.15, 0.2) is 12.1 Å². The third-order valence-corrected chi connectivity index (χ3v) is 3.11. The molecule has 0 bridgehead atoms. The molecule has 0 amide bonds. The number of halogens is 3. The standard InChI is InChI=1S/C12H14ClF2NO/c13-10-7-6-9(11(16-10)12(14)15)17-8-4-2-1-3-5-8/h6-8,12H,1-5H2. The van der Waals surface area contributed by atoms with Crippen molar-refractivity contribution in [3.8, 4) is 5.75 Å². The van der Waals surface area contributed by atoms with Crippen LogP contribution in [-0.2, 0) is 0 Å². The van der Waals surface area contributed by atoms with Crippen molar-refractivity contribution in [3.05, 3.63) is 23.0 Å². The number of alkyl halides is 2. The van der Waals surface area contributed by atoms with E-state index < -0.39 is 6.43 Å². The van der Waals surface area contributed by atoms with E-state index in [1.165, 1.54) is 18.6 Å². The van der Waals surface area contributed by atoms with Crippen molar-refractivity contribution in [2.75, 3.05) is 0 Å². The first-order valence-electron chi connectivity index (χ1n) is 5.78. The second kappa shape index (κ2) is 5.63. The molecule has 1 aliphatic rings. The molecule has 1 aromatic rings. The largest absolute Gasteiger partial charge is 0.488 e. The first-order chi connectivity index (χ1) is 8.16. The van der Waals surface area contributed by atoms with Gasteiger partial charge in [-0.3, -0.25) is 0 Å². The minimum absolute atomic E-state index is 0.0317. The highest BCUT2D eigenvalue weighted by atomic mass is 35.5. The van der Waals surface area contributed by atoms with Gasteiger partial charge in [0.05, 0.1) is 6.10 Å². The molecule has 0 unspecified atom stereocenters. The summed E-state index contributed by atoms with van der Waals surface area (Å²) in [5.74, 6) is 0.163. The van der Waals surface area contributed by atoms with Crippen LogP contribution in [0.5, 0.6) is 5.75 Å². The minimum atomic E-state index is -2.66. The number of pyridine rings is 1. The maximum Gasteiger partial charge on any atom is 0.284 e. The fourth-order valence-electron chi connectivity index (χ4n) is 2.06. The number of rotatable bonds is 3. The zero-order chi connectivity index (χ0) is 12.3. The molecule has 0 spiro atoms. The smallest absolute Gasteiger partial charge is 0.284 e. The molecule has 1 aliphatic carbocycles. The van der Waals surface area contributed by atoms with Crippen molar-refractivity contribution >= 4 is 11.6 Å². The monoisotopic (exact) mass is 261 g/mol. The fourth-order valence-corrected chi connectivity index (χ4v) is 2.21. The fraction of sp³-hybridized carbons (Fsp3) is 0.583. The molecule has 94 valence electrons. The van der Waals surface area contributed by atoms with Gasteiger partial charge in [-0.1, -0.05) is 18.0 Å². The van der Waals surface area contributed by atoms with E-state index in [-0.39, 0.29) is 22.7 Å². The second-order valence-electron chi connectivity index (χ2n) is 4.20. The molecule has 2 nitrogen and oxygen atoms in total. The summed E-state index contributed by atoms with van der Waals surface area (Å²) in [4.78, 5) is 3.63. The quantitative estimate of drug-likeness (QED) is 0.753. The van der Waals surface area contributed by atoms with E-state index >= 15 is 0 Å². The van der Waals surface area contributed by atoms with E-state index in [0.717, 1.165) is 25.7 Å². The predicted octanol–water partition coefficient (Wildman–Crippen LogP) is 4.38. The molecular weight excluding hydrogens is 248 g/mol. The number of hydrogen-bond donors (Lipinski definition) is 0. The van der Waals surface area contributed by atoms with Crippen molar-refractivity contribution in [1.29, 1.82) is 0 Å². The van der Waals surface area contributed by atoms with Crippen LogP contribution in [0.1, 0.15) is 44.2 Å². The van der Waals surface area contributed by atoms with Gasteiger partial charge in [-0.15, -0.1) is 0 Å². The average Bonchev–Trinajstić information content (AvgIpc) is 2.32. The summed E-state index contributed by atoms with van der Waals surface area (Å²) in [6, 6.07) is 2.96. The lowest BCUT2D eigenvalue weighted by Gasteiger charge is -2.23. The van der Waals surface area contributed by atoms with E-state index in [1.807, 2.05) is 0 Å². The number of nitrogens with zero attached hydrogens (tertiary/aromatic N) is 1. The molecule has 0 saturated heterocycles. The van der Waals surface area contributed by atoms with Gasteiger partial charge in [0.25, 0.3) is 6.43 Å². The third kappa shape index (κ3) is 3.28. The Morgan fingerprint density at radius 1 is 1.24 bits per heavy atom. The van der Waals surface area contributed by atoms with E-state index in [4.69, 9.17) is 16.3 Å². The van der Waals surface area contributed by atoms with Gasteiger partial charge in [0.1, 0.15) is 16.6 Å². The average molecular weight is 262 g/mol. The third-order valence-electron chi connectivity index (χ3n) is 2.90. The van der Waals surface area contributed by atoms with Crippen LogP contribution in [0, 0.1) is 0 Å². The molecule has 5 heteroatoms. The Morgan fingerprint density at radius 3 is 2.59 bits per heavy atom. The van der Waals surface area contributed by atoms with Gasteiger partial charge in [-0.2, -0.15) is 0 Å². The Balaban J connectivity index is 2.13. The lowest BCUT2D eigenvalue weighted by Crippen LogP contribution is -2.20. The summed E-state index contributed by atoms with van der Waals surface area (Å²) in [6.45, 7) is 0. The van der Waals surface area contributed by atoms with E-state index in [9.17, 15) is 8.78 Å². The van der Waals surface area contributed by atoms with Gasteiger partial charge >= 0.3 is 0 Å². The van der Waals surface area contributed by atoms with Crippen molar-refractivity contribution in [3.63, 3.8) is 0 Å². The highest BCUT2D eigenvalue weighted by Crippen LogP contribution is 2.31. The van der Waals surface area contributed by atoms with Crippen LogP contribution in [0.3, 0.4) is 0 Å². The van der Waals surface area contributed by atoms with Crippen LogP contribution in [-0.4, -0.2) is 11.1 Å². The highest BCUT2D eigenvalue weighted by Gasteiger charge is 2.21. The zero-order valence-electron chi connectivity index (χ0n) is 9.33. The van der Waals surface area contributed by atoms with Gasteiger partial charge in [0.2, 0.25) is 0 Å². The number of ether oxygens (including phenoxy) is 1. The molecule has 1 saturated carbocycles. The normalized spacial score (nSPS) is 17.4. The molecule has 0 atom stereocenters. The molecule has 1 aromatic heterocycles. The van der Waals surface area contributed by atoms with Gasteiger partial charge < -0.3 is 4.74 Å². The van der Waals surface area contributed by atoms with Crippen molar-refractivity contribution in [2.24, 2.45) is 0 Å². The van der Waals surface area contributed by atoms with E-state index in [0.29, 0.717) is 0 Å². The summed E-state index contributed by atoms with van der Waals surface area (Å²) in [5.41, 5.74) is -0.358. The molecule has 1 heterocycles. The van der Waals surface area contributed by atoms with Gasteiger partial charge in [0.15, 0.2) is 0 Å². The van der Waals surface area contributed by atoms with Crippen molar-refractivity contribution in [2.45, 2.75) is 44.6 Å². The molecule has 2 rings (SSSR count). The Labute approximate surface area is 104 Å². The maximum absolute atomic E-state index is 12.8. The minimum Gasteiger partial charge on any atom is -0.488 e. The van der Waals surface area contributed by atoms with Crippen LogP contribution in [0.25, 0.3) is 0 Å². The van der Waals surface area contributed by atoms with E-state index in [1.54, 1.807) is 0 Å². The number of aromatic nitrogens is 1. The molecule has 1 fully saturated rings. The summed E-state index contributed by atoms with van der Waals surface area (Å²) < 4.78 is 31.1. The lowest BCUT2D eigenvalue weighted by molar-refractivity contribution is 0.120. The second-order valence-corrected chi connectivity index (χ2v) is 4.58. The molecule has 0 aromatic carbocycles. The molecule has 0 aliphatic heterocycles. The van der Waals surface area contributed by atoms with Crippen molar-refractivity contribution in [1.82, 2.24) is 4.98 Å². The Hall–Kier alpha value is -0.900. The van der Waals surface area contributed by atoms with Crippen molar-refractivity contribution < 1.29 is 13.5 Å². The van der Waals surface area contributed by atoms with Gasteiger partial charge in [0, 0.05) is 0 Å². The molecular formula is C12H14ClF2NO. The van der Waals surface area contributed by atoms with Gasteiger partial charge in [-0.25, -0.2) is 13.8 Å². The summed E-state index contributed by atoms with van der Waals surface area (Å²) in [5, 5.41) is 0.0660. The highest BCUT2D eigenvalue weighted by molar-refractivity contribution is 6.29. The van der Waals surface area contributed by atoms with E-state index in [2.05, 4.69) is 4.98 Å². The van der Waals surface area contributed by atoms with Crippen LogP contribution >= 0.6 is 11.6 Å². The van der Waals surface area contributed by atoms with Crippen LogP contribution in [0.2, 0.25) is 5.15 Å². The molecule has 17 heavy (non-hydrogen) atoms. The zero-order valence-corrected chi connectivity index (χ0v) is 10.1. The molecule has 0 radical (unpaired) electrons. The Morgan fingerprint density at radius 2 is 1.94 bits per heavy atom. The van der Waals surface area contributed by atoms with Crippen LogP contribution in [0.4, 0.5) is 8.78 Å². The summed E-state index contributed by atoms with van der Waals surface area (Å²) in [7, 11) is 0. The predicted molar refractivity (Wildman–Crippen MR) is 61.7 cm³/mol. The Kier molecular flexibility index (Phi) is 4.15. The maximum atomic E-state index is 12.8. The first-order valence-corrected chi connectivity index (χ1v) is 6.16. The summed E-state index contributed by atoms with van der Waals surface area (Å²) >= 11 is 5.60. The van der Waals surface area contributed by atoms with Gasteiger partial charge in [-0.05, 0) is 37.8 Å². The Bertz CT molecular complexity index is 381. The number of hydrogen-bond acceptors (Lipinski definition) is 2.